The Kier molecular flexibility index (Phi) is 5.32. The van der Waals surface area contributed by atoms with Crippen molar-refractivity contribution in [1.29, 1.82) is 0 Å². The maximum Gasteiger partial charge on any atom is 0.241 e. The number of sulfonamides is 1. The number of nitrogens with one attached hydrogen (secondary N) is 1. The summed E-state index contributed by atoms with van der Waals surface area (Å²) in [5.41, 5.74) is 0.201. The first-order valence-electron chi connectivity index (χ1n) is 7.00. The van der Waals surface area contributed by atoms with Gasteiger partial charge in [-0.3, -0.25) is 0 Å². The van der Waals surface area contributed by atoms with Crippen LogP contribution in [0.25, 0.3) is 0 Å². The number of nitrogens with zero attached hydrogens (tertiary/aromatic N) is 1. The standard InChI is InChI=1S/C14H21FN2O3S/c1-17-6-4-11(5-7-17)9-16-21(19,20)14-8-13(15)3-2-12(14)10-18/h2-3,8,11,16,18H,4-7,9-10H2,1H3. The van der Waals surface area contributed by atoms with Crippen LogP contribution in [0, 0.1) is 11.7 Å². The molecule has 118 valence electrons. The van der Waals surface area contributed by atoms with E-state index in [1.807, 2.05) is 7.05 Å². The van der Waals surface area contributed by atoms with Crippen molar-refractivity contribution in [2.75, 3.05) is 26.7 Å². The number of aliphatic hydroxyl groups is 1. The minimum absolute atomic E-state index is 0.182. The molecule has 0 bridgehead atoms. The van der Waals surface area contributed by atoms with Crippen LogP contribution in [0.5, 0.6) is 0 Å². The highest BCUT2D eigenvalue weighted by atomic mass is 32.2. The first-order valence-corrected chi connectivity index (χ1v) is 8.48. The maximum atomic E-state index is 13.3. The fourth-order valence-corrected chi connectivity index (χ4v) is 3.84. The van der Waals surface area contributed by atoms with Crippen LogP contribution < -0.4 is 4.72 Å². The van der Waals surface area contributed by atoms with E-state index in [1.54, 1.807) is 0 Å². The number of benzene rings is 1. The molecule has 1 heterocycles. The van der Waals surface area contributed by atoms with Gasteiger partial charge in [0.2, 0.25) is 10.0 Å². The van der Waals surface area contributed by atoms with Crippen LogP contribution >= 0.6 is 0 Å². The Morgan fingerprint density at radius 1 is 1.38 bits per heavy atom. The highest BCUT2D eigenvalue weighted by Gasteiger charge is 2.22. The summed E-state index contributed by atoms with van der Waals surface area (Å²) in [6, 6.07) is 3.38. The molecule has 2 N–H and O–H groups in total. The summed E-state index contributed by atoms with van der Waals surface area (Å²) in [4.78, 5) is 2.03. The molecule has 0 aliphatic carbocycles. The van der Waals surface area contributed by atoms with Crippen molar-refractivity contribution in [3.63, 3.8) is 0 Å². The van der Waals surface area contributed by atoms with E-state index in [9.17, 15) is 17.9 Å². The smallest absolute Gasteiger partial charge is 0.241 e. The van der Waals surface area contributed by atoms with Gasteiger partial charge in [0, 0.05) is 6.54 Å². The number of hydrogen-bond donors (Lipinski definition) is 2. The van der Waals surface area contributed by atoms with Gasteiger partial charge in [-0.25, -0.2) is 17.5 Å². The molecule has 0 unspecified atom stereocenters. The van der Waals surface area contributed by atoms with Crippen LogP contribution in [0.3, 0.4) is 0 Å². The van der Waals surface area contributed by atoms with Gasteiger partial charge in [0.25, 0.3) is 0 Å². The summed E-state index contributed by atoms with van der Waals surface area (Å²) in [7, 11) is -1.76. The topological polar surface area (TPSA) is 69.6 Å². The number of piperidine rings is 1. The van der Waals surface area contributed by atoms with Gasteiger partial charge in [0.05, 0.1) is 11.5 Å². The van der Waals surface area contributed by atoms with Crippen LogP contribution in [0.2, 0.25) is 0 Å². The molecule has 1 aromatic rings. The summed E-state index contributed by atoms with van der Waals surface area (Å²) < 4.78 is 40.4. The largest absolute Gasteiger partial charge is 0.392 e. The Labute approximate surface area is 124 Å². The average Bonchev–Trinajstić information content (AvgIpc) is 2.47. The third-order valence-corrected chi connectivity index (χ3v) is 5.40. The van der Waals surface area contributed by atoms with Crippen LogP contribution in [-0.2, 0) is 16.6 Å². The van der Waals surface area contributed by atoms with E-state index < -0.39 is 22.4 Å². The van der Waals surface area contributed by atoms with Gasteiger partial charge in [-0.2, -0.15) is 0 Å². The molecule has 1 aromatic carbocycles. The van der Waals surface area contributed by atoms with Gasteiger partial charge in [-0.15, -0.1) is 0 Å². The first-order chi connectivity index (χ1) is 9.92. The zero-order chi connectivity index (χ0) is 15.5. The molecule has 0 radical (unpaired) electrons. The van der Waals surface area contributed by atoms with E-state index in [2.05, 4.69) is 9.62 Å². The predicted octanol–water partition coefficient (Wildman–Crippen LogP) is 0.938. The zero-order valence-corrected chi connectivity index (χ0v) is 12.9. The monoisotopic (exact) mass is 316 g/mol. The van der Waals surface area contributed by atoms with Crippen LogP contribution in [0.15, 0.2) is 23.1 Å². The lowest BCUT2D eigenvalue weighted by molar-refractivity contribution is 0.220. The van der Waals surface area contributed by atoms with Crippen LogP contribution in [0.1, 0.15) is 18.4 Å². The second-order valence-corrected chi connectivity index (χ2v) is 7.24. The van der Waals surface area contributed by atoms with Gasteiger partial charge in [-0.1, -0.05) is 6.07 Å². The molecule has 1 saturated heterocycles. The predicted molar refractivity (Wildman–Crippen MR) is 77.7 cm³/mol. The second kappa shape index (κ2) is 6.83. The molecule has 2 rings (SSSR count). The number of hydrogen-bond acceptors (Lipinski definition) is 4. The van der Waals surface area contributed by atoms with Crippen molar-refractivity contribution >= 4 is 10.0 Å². The Morgan fingerprint density at radius 3 is 2.67 bits per heavy atom. The molecule has 0 atom stereocenters. The van der Waals surface area contributed by atoms with Crippen molar-refractivity contribution in [3.05, 3.63) is 29.6 Å². The molecule has 1 aliphatic heterocycles. The molecular weight excluding hydrogens is 295 g/mol. The summed E-state index contributed by atoms with van der Waals surface area (Å²) in [6.07, 6.45) is 1.88. The molecular formula is C14H21FN2O3S. The third kappa shape index (κ3) is 4.23. The van der Waals surface area contributed by atoms with Crippen molar-refractivity contribution in [3.8, 4) is 0 Å². The summed E-state index contributed by atoms with van der Waals surface area (Å²) in [5, 5.41) is 9.20. The lowest BCUT2D eigenvalue weighted by atomic mass is 9.98. The van der Waals surface area contributed by atoms with Gasteiger partial charge in [-0.05, 0) is 56.6 Å². The maximum absolute atomic E-state index is 13.3. The number of likely N-dealkylation sites (tertiary alicyclic amines) is 1. The van der Waals surface area contributed by atoms with E-state index in [0.29, 0.717) is 12.5 Å². The molecule has 0 amide bonds. The molecule has 0 saturated carbocycles. The molecule has 0 spiro atoms. The van der Waals surface area contributed by atoms with Gasteiger partial charge < -0.3 is 10.0 Å². The normalized spacial score (nSPS) is 18.0. The number of rotatable bonds is 5. The van der Waals surface area contributed by atoms with Crippen molar-refractivity contribution in [1.82, 2.24) is 9.62 Å². The van der Waals surface area contributed by atoms with E-state index in [-0.39, 0.29) is 10.5 Å². The molecule has 7 heteroatoms. The first kappa shape index (κ1) is 16.4. The van der Waals surface area contributed by atoms with Gasteiger partial charge in [0.1, 0.15) is 5.82 Å². The number of halogens is 1. The van der Waals surface area contributed by atoms with E-state index >= 15 is 0 Å². The fraction of sp³-hybridized carbons (Fsp3) is 0.571. The quantitative estimate of drug-likeness (QED) is 0.848. The van der Waals surface area contributed by atoms with Crippen molar-refractivity contribution in [2.24, 2.45) is 5.92 Å². The Balaban J connectivity index is 2.06. The van der Waals surface area contributed by atoms with Gasteiger partial charge >= 0.3 is 0 Å². The Bertz CT molecular complexity index is 584. The van der Waals surface area contributed by atoms with E-state index in [1.165, 1.54) is 6.07 Å². The van der Waals surface area contributed by atoms with Crippen molar-refractivity contribution in [2.45, 2.75) is 24.3 Å². The SMILES string of the molecule is CN1CCC(CNS(=O)(=O)c2cc(F)ccc2CO)CC1. The molecule has 21 heavy (non-hydrogen) atoms. The highest BCUT2D eigenvalue weighted by molar-refractivity contribution is 7.89. The van der Waals surface area contributed by atoms with E-state index in [0.717, 1.165) is 38.1 Å². The minimum atomic E-state index is -3.80. The fourth-order valence-electron chi connectivity index (χ4n) is 2.48. The summed E-state index contributed by atoms with van der Waals surface area (Å²) in [5.74, 6) is -0.339. The lowest BCUT2D eigenvalue weighted by Gasteiger charge is -2.28. The third-order valence-electron chi connectivity index (χ3n) is 3.89. The Morgan fingerprint density at radius 2 is 2.05 bits per heavy atom. The second-order valence-electron chi connectivity index (χ2n) is 5.51. The van der Waals surface area contributed by atoms with Crippen LogP contribution in [-0.4, -0.2) is 45.1 Å². The van der Waals surface area contributed by atoms with Gasteiger partial charge in [0.15, 0.2) is 0 Å². The summed E-state index contributed by atoms with van der Waals surface area (Å²) >= 11 is 0. The van der Waals surface area contributed by atoms with Crippen molar-refractivity contribution < 1.29 is 17.9 Å². The average molecular weight is 316 g/mol. The number of aliphatic hydroxyl groups excluding tert-OH is 1. The van der Waals surface area contributed by atoms with Crippen LogP contribution in [0.4, 0.5) is 4.39 Å². The van der Waals surface area contributed by atoms with E-state index in [4.69, 9.17) is 0 Å². The highest BCUT2D eigenvalue weighted by Crippen LogP contribution is 2.19. The molecule has 1 fully saturated rings. The molecule has 1 aliphatic rings. The lowest BCUT2D eigenvalue weighted by Crippen LogP contribution is -2.37. The summed E-state index contributed by atoms with van der Waals surface area (Å²) in [6.45, 7) is 1.81. The Hall–Kier alpha value is -1.02. The minimum Gasteiger partial charge on any atom is -0.392 e. The zero-order valence-electron chi connectivity index (χ0n) is 12.0. The molecule has 5 nitrogen and oxygen atoms in total. The molecule has 0 aromatic heterocycles.